The molecule has 190 valence electrons. The van der Waals surface area contributed by atoms with Crippen molar-refractivity contribution in [2.24, 2.45) is 7.05 Å². The van der Waals surface area contributed by atoms with Crippen LogP contribution in [0.4, 0.5) is 19.0 Å². The van der Waals surface area contributed by atoms with Gasteiger partial charge in [-0.15, -0.1) is 0 Å². The summed E-state index contributed by atoms with van der Waals surface area (Å²) in [5, 5.41) is 9.07. The predicted octanol–water partition coefficient (Wildman–Crippen LogP) is 4.78. The van der Waals surface area contributed by atoms with Crippen molar-refractivity contribution in [3.05, 3.63) is 74.7 Å². The Kier molecular flexibility index (Phi) is 8.45. The lowest BCUT2D eigenvalue weighted by molar-refractivity contribution is -0.137. The third-order valence-electron chi connectivity index (χ3n) is 5.13. The van der Waals surface area contributed by atoms with E-state index in [0.717, 1.165) is 12.1 Å². The van der Waals surface area contributed by atoms with Gasteiger partial charge in [-0.3, -0.25) is 4.57 Å². The molecule has 0 radical (unpaired) electrons. The number of nitrogens with zero attached hydrogens (tertiary/aromatic N) is 4. The number of methoxy groups -OCH3 is 1. The smallest absolute Gasteiger partial charge is 0.417 e. The molecule has 0 amide bonds. The van der Waals surface area contributed by atoms with E-state index in [0.29, 0.717) is 24.5 Å². The maximum absolute atomic E-state index is 13.1. The summed E-state index contributed by atoms with van der Waals surface area (Å²) in [6, 6.07) is 11.2. The van der Waals surface area contributed by atoms with Gasteiger partial charge in [0.25, 0.3) is 0 Å². The first kappa shape index (κ1) is 26.8. The van der Waals surface area contributed by atoms with E-state index in [4.69, 9.17) is 25.8 Å². The fraction of sp³-hybridized carbons (Fsp3) is 0.292. The van der Waals surface area contributed by atoms with Crippen LogP contribution in [0.3, 0.4) is 0 Å². The third kappa shape index (κ3) is 6.47. The highest BCUT2D eigenvalue weighted by molar-refractivity contribution is 6.31. The highest BCUT2D eigenvalue weighted by Crippen LogP contribution is 2.38. The number of ether oxygens (including phenoxy) is 3. The fourth-order valence-corrected chi connectivity index (χ4v) is 3.43. The number of benzene rings is 2. The van der Waals surface area contributed by atoms with Gasteiger partial charge in [0.2, 0.25) is 5.88 Å². The van der Waals surface area contributed by atoms with E-state index in [9.17, 15) is 23.2 Å². The van der Waals surface area contributed by atoms with Crippen molar-refractivity contribution in [3.8, 4) is 23.4 Å². The van der Waals surface area contributed by atoms with Gasteiger partial charge in [0.05, 0.1) is 22.8 Å². The second-order valence-corrected chi connectivity index (χ2v) is 8.09. The van der Waals surface area contributed by atoms with Crippen molar-refractivity contribution in [3.63, 3.8) is 0 Å². The summed E-state index contributed by atoms with van der Waals surface area (Å²) < 4.78 is 57.0. The van der Waals surface area contributed by atoms with Gasteiger partial charge < -0.3 is 19.1 Å². The van der Waals surface area contributed by atoms with Crippen LogP contribution >= 0.6 is 11.6 Å². The first-order valence-electron chi connectivity index (χ1n) is 10.5. The molecule has 0 unspecified atom stereocenters. The second-order valence-electron chi connectivity index (χ2n) is 7.68. The lowest BCUT2D eigenvalue weighted by Crippen LogP contribution is -2.31. The Hall–Kier alpha value is -3.75. The fourth-order valence-electron chi connectivity index (χ4n) is 3.20. The minimum absolute atomic E-state index is 0.0183. The van der Waals surface area contributed by atoms with Crippen molar-refractivity contribution in [2.45, 2.75) is 12.8 Å². The van der Waals surface area contributed by atoms with Gasteiger partial charge in [-0.1, -0.05) is 17.7 Å². The molecule has 0 fully saturated rings. The van der Waals surface area contributed by atoms with Gasteiger partial charge in [0.15, 0.2) is 0 Å². The quantitative estimate of drug-likeness (QED) is 0.399. The van der Waals surface area contributed by atoms with Crippen LogP contribution in [0, 0.1) is 11.3 Å². The molecule has 0 N–H and O–H groups in total. The van der Waals surface area contributed by atoms with Gasteiger partial charge in [0, 0.05) is 33.8 Å². The second kappa shape index (κ2) is 11.3. The van der Waals surface area contributed by atoms with Crippen molar-refractivity contribution in [2.75, 3.05) is 32.2 Å². The Morgan fingerprint density at radius 1 is 1.19 bits per heavy atom. The molecule has 3 aromatic rings. The van der Waals surface area contributed by atoms with Crippen LogP contribution in [0.1, 0.15) is 16.7 Å². The largest absolute Gasteiger partial charge is 0.473 e. The van der Waals surface area contributed by atoms with Gasteiger partial charge >= 0.3 is 11.9 Å². The normalized spacial score (nSPS) is 11.2. The van der Waals surface area contributed by atoms with Gasteiger partial charge in [-0.2, -0.15) is 23.4 Å². The average molecular weight is 523 g/mol. The minimum atomic E-state index is -4.65. The molecule has 0 bridgehead atoms. The first-order chi connectivity index (χ1) is 17.0. The molecular weight excluding hydrogens is 501 g/mol. The number of nitriles is 1. The van der Waals surface area contributed by atoms with Gasteiger partial charge in [0.1, 0.15) is 30.0 Å². The molecule has 0 aliphatic carbocycles. The van der Waals surface area contributed by atoms with Crippen LogP contribution in [0.5, 0.6) is 17.4 Å². The van der Waals surface area contributed by atoms with Gasteiger partial charge in [-0.05, 0) is 35.9 Å². The minimum Gasteiger partial charge on any atom is -0.473 e. The van der Waals surface area contributed by atoms with Crippen LogP contribution in [0.15, 0.2) is 47.3 Å². The molecule has 0 atom stereocenters. The molecule has 0 saturated carbocycles. The predicted molar refractivity (Wildman–Crippen MR) is 127 cm³/mol. The summed E-state index contributed by atoms with van der Waals surface area (Å²) in [6.45, 7) is 0.982. The van der Waals surface area contributed by atoms with E-state index >= 15 is 0 Å². The van der Waals surface area contributed by atoms with Crippen LogP contribution in [-0.2, 0) is 24.6 Å². The van der Waals surface area contributed by atoms with E-state index in [1.807, 2.05) is 11.0 Å². The number of anilines is 1. The summed E-state index contributed by atoms with van der Waals surface area (Å²) in [4.78, 5) is 18.0. The van der Waals surface area contributed by atoms with Crippen LogP contribution < -0.4 is 20.1 Å². The summed E-state index contributed by atoms with van der Waals surface area (Å²) in [5.74, 6) is 0.605. The summed E-state index contributed by atoms with van der Waals surface area (Å²) in [7, 11) is 4.97. The Morgan fingerprint density at radius 3 is 2.61 bits per heavy atom. The molecule has 3 rings (SSSR count). The van der Waals surface area contributed by atoms with Crippen molar-refractivity contribution in [1.82, 2.24) is 9.55 Å². The Labute approximate surface area is 210 Å². The Bertz CT molecular complexity index is 1340. The molecule has 2 aromatic carbocycles. The number of hydrogen-bond acceptors (Lipinski definition) is 7. The number of hydrogen-bond donors (Lipinski definition) is 0. The molecule has 0 saturated heterocycles. The van der Waals surface area contributed by atoms with Crippen LogP contribution in [-0.4, -0.2) is 36.9 Å². The maximum atomic E-state index is 13.1. The van der Waals surface area contributed by atoms with Crippen LogP contribution in [0.25, 0.3) is 0 Å². The van der Waals surface area contributed by atoms with E-state index < -0.39 is 22.5 Å². The molecule has 36 heavy (non-hydrogen) atoms. The van der Waals surface area contributed by atoms with E-state index in [-0.39, 0.29) is 29.5 Å². The number of alkyl halides is 3. The van der Waals surface area contributed by atoms with Crippen molar-refractivity contribution < 1.29 is 27.4 Å². The topological polar surface area (TPSA) is 89.6 Å². The number of likely N-dealkylation sites (N-methyl/N-ethyl adjacent to an activating group) is 1. The summed E-state index contributed by atoms with van der Waals surface area (Å²) >= 11 is 5.64. The third-order valence-corrected chi connectivity index (χ3v) is 5.46. The van der Waals surface area contributed by atoms with Gasteiger partial charge in [-0.25, -0.2) is 4.79 Å². The highest BCUT2D eigenvalue weighted by Gasteiger charge is 2.33. The Balaban J connectivity index is 1.78. The maximum Gasteiger partial charge on any atom is 0.417 e. The zero-order valence-corrected chi connectivity index (χ0v) is 20.4. The number of aromatic nitrogens is 2. The molecule has 1 aromatic heterocycles. The standard InChI is InChI=1S/C24H22ClF3N4O4/c1-31(8-9-34-3)22-12-21(30-23(33)32(22)2)35-14-15-4-7-20(16(10-15)13-29)36-17-5-6-19(25)18(11-17)24(26,27)28/h4-7,10-12H,8-9,14H2,1-3H3. The van der Waals surface area contributed by atoms with Crippen LogP contribution in [0.2, 0.25) is 5.02 Å². The molecular formula is C24H22ClF3N4O4. The molecule has 8 nitrogen and oxygen atoms in total. The number of halogens is 4. The first-order valence-corrected chi connectivity index (χ1v) is 10.9. The van der Waals surface area contributed by atoms with E-state index in [2.05, 4.69) is 4.98 Å². The molecule has 0 aliphatic heterocycles. The van der Waals surface area contributed by atoms with E-state index in [1.165, 1.54) is 22.8 Å². The lowest BCUT2D eigenvalue weighted by atomic mass is 10.1. The highest BCUT2D eigenvalue weighted by atomic mass is 35.5. The van der Waals surface area contributed by atoms with Crippen molar-refractivity contribution in [1.29, 1.82) is 5.26 Å². The Morgan fingerprint density at radius 2 is 1.94 bits per heavy atom. The SMILES string of the molecule is COCCN(C)c1cc(OCc2ccc(Oc3ccc(Cl)c(C(F)(F)F)c3)c(C#N)c2)nc(=O)n1C. The van der Waals surface area contributed by atoms with E-state index in [1.54, 1.807) is 33.3 Å². The summed E-state index contributed by atoms with van der Waals surface area (Å²) in [5.41, 5.74) is -0.910. The van der Waals surface area contributed by atoms with Crippen molar-refractivity contribution >= 4 is 17.4 Å². The number of rotatable bonds is 9. The zero-order valence-electron chi connectivity index (χ0n) is 19.6. The zero-order chi connectivity index (χ0) is 26.5. The molecule has 0 aliphatic rings. The monoisotopic (exact) mass is 522 g/mol. The molecule has 12 heteroatoms. The molecule has 1 heterocycles. The summed E-state index contributed by atoms with van der Waals surface area (Å²) in [6.07, 6.45) is -4.65. The lowest BCUT2D eigenvalue weighted by Gasteiger charge is -2.21. The average Bonchev–Trinajstić information content (AvgIpc) is 2.84. The molecule has 0 spiro atoms.